The van der Waals surface area contributed by atoms with Gasteiger partial charge >= 0.3 is 0 Å². The van der Waals surface area contributed by atoms with Crippen molar-refractivity contribution in [3.63, 3.8) is 0 Å². The van der Waals surface area contributed by atoms with Gasteiger partial charge in [0, 0.05) is 0 Å². The lowest BCUT2D eigenvalue weighted by Crippen LogP contribution is -3.10. The highest BCUT2D eigenvalue weighted by atomic mass is 16.3. The molecule has 30 heavy (non-hydrogen) atoms. The van der Waals surface area contributed by atoms with Crippen LogP contribution in [0.2, 0.25) is 0 Å². The maximum atomic E-state index is 12.9. The molecule has 0 atom stereocenters. The average molecular weight is 405 g/mol. The maximum absolute atomic E-state index is 12.9. The first-order valence-corrected chi connectivity index (χ1v) is 9.90. The fraction of sp³-hybridized carbons (Fsp3) is 0.217. The molecule has 1 aromatic carbocycles. The van der Waals surface area contributed by atoms with E-state index >= 15 is 0 Å². The van der Waals surface area contributed by atoms with E-state index in [1.165, 1.54) is 0 Å². The first-order chi connectivity index (χ1) is 14.6. The van der Waals surface area contributed by atoms with E-state index in [2.05, 4.69) is 10.4 Å². The number of hydrogen-bond donors (Lipinski definition) is 2. The molecule has 0 aliphatic rings. The molecule has 0 unspecified atom stereocenters. The van der Waals surface area contributed by atoms with Crippen LogP contribution in [0.3, 0.4) is 0 Å². The van der Waals surface area contributed by atoms with Gasteiger partial charge in [-0.2, -0.15) is 5.10 Å². The highest BCUT2D eigenvalue weighted by Gasteiger charge is 2.21. The summed E-state index contributed by atoms with van der Waals surface area (Å²) in [4.78, 5) is 13.9. The summed E-state index contributed by atoms with van der Waals surface area (Å²) in [6, 6.07) is 17.4. The molecule has 0 spiro atoms. The van der Waals surface area contributed by atoms with Crippen molar-refractivity contribution in [2.45, 2.75) is 26.9 Å². The van der Waals surface area contributed by atoms with Crippen LogP contribution in [-0.2, 0) is 17.9 Å². The number of anilines is 1. The zero-order valence-electron chi connectivity index (χ0n) is 17.1. The number of carbonyl (C=O) groups is 1. The van der Waals surface area contributed by atoms with Gasteiger partial charge in [-0.3, -0.25) is 4.79 Å². The Hall–Kier alpha value is -3.58. The number of carbonyl (C=O) groups excluding carboxylic acids is 1. The Morgan fingerprint density at radius 2 is 1.60 bits per heavy atom. The molecule has 0 aliphatic carbocycles. The molecule has 154 valence electrons. The minimum Gasteiger partial charge on any atom is -0.463 e. The lowest BCUT2D eigenvalue weighted by Gasteiger charge is -2.17. The van der Waals surface area contributed by atoms with Crippen LogP contribution in [0.25, 0.3) is 5.69 Å². The minimum atomic E-state index is -0.0816. The van der Waals surface area contributed by atoms with E-state index in [-0.39, 0.29) is 12.5 Å². The third-order valence-electron chi connectivity index (χ3n) is 4.98. The van der Waals surface area contributed by atoms with Crippen molar-refractivity contribution in [3.8, 4) is 5.69 Å². The Morgan fingerprint density at radius 1 is 0.967 bits per heavy atom. The Labute approximate surface area is 174 Å². The van der Waals surface area contributed by atoms with Crippen LogP contribution in [-0.4, -0.2) is 22.2 Å². The number of para-hydroxylation sites is 1. The number of aromatic nitrogens is 2. The molecular formula is C23H25N4O3+. The number of quaternary nitrogens is 1. The molecule has 3 aromatic heterocycles. The summed E-state index contributed by atoms with van der Waals surface area (Å²) in [6.45, 7) is 5.30. The summed E-state index contributed by atoms with van der Waals surface area (Å²) in [5, 5.41) is 7.65. The van der Waals surface area contributed by atoms with E-state index < -0.39 is 0 Å². The van der Waals surface area contributed by atoms with Gasteiger partial charge in [0.1, 0.15) is 13.1 Å². The van der Waals surface area contributed by atoms with Crippen LogP contribution in [0, 0.1) is 13.8 Å². The number of nitrogens with zero attached hydrogens (tertiary/aromatic N) is 2. The van der Waals surface area contributed by atoms with Crippen molar-refractivity contribution in [2.24, 2.45) is 0 Å². The molecule has 4 rings (SSSR count). The van der Waals surface area contributed by atoms with Crippen molar-refractivity contribution >= 4 is 11.6 Å². The Balaban J connectivity index is 1.48. The van der Waals surface area contributed by atoms with Crippen LogP contribution in [0.4, 0.5) is 5.69 Å². The van der Waals surface area contributed by atoms with Crippen LogP contribution < -0.4 is 10.2 Å². The largest absolute Gasteiger partial charge is 0.463 e. The number of furan rings is 2. The lowest BCUT2D eigenvalue weighted by molar-refractivity contribution is -0.921. The number of rotatable bonds is 8. The zero-order chi connectivity index (χ0) is 20.9. The second-order valence-corrected chi connectivity index (χ2v) is 7.28. The second kappa shape index (κ2) is 8.84. The van der Waals surface area contributed by atoms with Crippen molar-refractivity contribution in [3.05, 3.63) is 90.0 Å². The topological polar surface area (TPSA) is 77.6 Å². The zero-order valence-corrected chi connectivity index (χ0v) is 17.1. The summed E-state index contributed by atoms with van der Waals surface area (Å²) >= 11 is 0. The third-order valence-corrected chi connectivity index (χ3v) is 4.98. The lowest BCUT2D eigenvalue weighted by atomic mass is 10.2. The molecule has 7 heteroatoms. The van der Waals surface area contributed by atoms with Gasteiger partial charge in [-0.05, 0) is 50.2 Å². The van der Waals surface area contributed by atoms with Gasteiger partial charge in [-0.1, -0.05) is 18.2 Å². The van der Waals surface area contributed by atoms with Gasteiger partial charge in [0.2, 0.25) is 0 Å². The molecule has 4 aromatic rings. The minimum absolute atomic E-state index is 0.0816. The number of nitrogens with one attached hydrogen (secondary N) is 2. The normalized spacial score (nSPS) is 11.2. The van der Waals surface area contributed by atoms with Gasteiger partial charge in [0.15, 0.2) is 18.1 Å². The standard InChI is InChI=1S/C23H24N4O3/c1-17-23(18(2)27(25-17)19-8-4-3-5-9-19)24-22(28)16-26(14-20-10-6-12-29-20)15-21-11-7-13-30-21/h3-13H,14-16H2,1-2H3,(H,24,28)/p+1. The van der Waals surface area contributed by atoms with E-state index in [1.54, 1.807) is 12.5 Å². The van der Waals surface area contributed by atoms with E-state index in [0.29, 0.717) is 13.1 Å². The van der Waals surface area contributed by atoms with Crippen LogP contribution in [0.15, 0.2) is 76.0 Å². The fourth-order valence-corrected chi connectivity index (χ4v) is 3.56. The summed E-state index contributed by atoms with van der Waals surface area (Å²) < 4.78 is 12.8. The molecular weight excluding hydrogens is 380 g/mol. The second-order valence-electron chi connectivity index (χ2n) is 7.28. The van der Waals surface area contributed by atoms with Gasteiger partial charge in [-0.15, -0.1) is 0 Å². The fourth-order valence-electron chi connectivity index (χ4n) is 3.56. The maximum Gasteiger partial charge on any atom is 0.279 e. The van der Waals surface area contributed by atoms with E-state index in [0.717, 1.165) is 39.2 Å². The van der Waals surface area contributed by atoms with Gasteiger partial charge in [0.25, 0.3) is 5.91 Å². The average Bonchev–Trinajstić information content (AvgIpc) is 3.49. The van der Waals surface area contributed by atoms with Crippen LogP contribution in [0.1, 0.15) is 22.9 Å². The smallest absolute Gasteiger partial charge is 0.279 e. The monoisotopic (exact) mass is 405 g/mol. The molecule has 0 saturated carbocycles. The van der Waals surface area contributed by atoms with E-state index in [9.17, 15) is 4.79 Å². The molecule has 2 N–H and O–H groups in total. The highest BCUT2D eigenvalue weighted by Crippen LogP contribution is 2.22. The highest BCUT2D eigenvalue weighted by molar-refractivity contribution is 5.92. The summed E-state index contributed by atoms with van der Waals surface area (Å²) in [5.74, 6) is 1.57. The predicted molar refractivity (Wildman–Crippen MR) is 112 cm³/mol. The molecule has 0 aliphatic heterocycles. The molecule has 7 nitrogen and oxygen atoms in total. The van der Waals surface area contributed by atoms with Crippen LogP contribution in [0.5, 0.6) is 0 Å². The molecule has 0 fully saturated rings. The van der Waals surface area contributed by atoms with E-state index in [1.807, 2.05) is 73.1 Å². The first-order valence-electron chi connectivity index (χ1n) is 9.90. The quantitative estimate of drug-likeness (QED) is 0.473. The molecule has 0 saturated heterocycles. The Morgan fingerprint density at radius 3 is 2.17 bits per heavy atom. The third kappa shape index (κ3) is 4.52. The van der Waals surface area contributed by atoms with Gasteiger partial charge in [-0.25, -0.2) is 4.68 Å². The van der Waals surface area contributed by atoms with Crippen molar-refractivity contribution in [2.75, 3.05) is 11.9 Å². The Bertz CT molecular complexity index is 1050. The summed E-state index contributed by atoms with van der Waals surface area (Å²) in [6.07, 6.45) is 3.29. The number of amides is 1. The van der Waals surface area contributed by atoms with Crippen molar-refractivity contribution in [1.82, 2.24) is 9.78 Å². The first kappa shape index (κ1) is 19.7. The number of aryl methyl sites for hydroxylation is 1. The van der Waals surface area contributed by atoms with Crippen LogP contribution >= 0.6 is 0 Å². The van der Waals surface area contributed by atoms with E-state index in [4.69, 9.17) is 8.83 Å². The Kier molecular flexibility index (Phi) is 5.81. The molecule has 1 amide bonds. The molecule has 0 bridgehead atoms. The molecule has 0 radical (unpaired) electrons. The predicted octanol–water partition coefficient (Wildman–Crippen LogP) is 2.90. The summed E-state index contributed by atoms with van der Waals surface area (Å²) in [7, 11) is 0. The van der Waals surface area contributed by atoms with Gasteiger partial charge < -0.3 is 19.1 Å². The summed E-state index contributed by atoms with van der Waals surface area (Å²) in [5.41, 5.74) is 3.38. The number of benzene rings is 1. The van der Waals surface area contributed by atoms with Crippen molar-refractivity contribution in [1.29, 1.82) is 0 Å². The number of hydrogen-bond acceptors (Lipinski definition) is 4. The van der Waals surface area contributed by atoms with Gasteiger partial charge in [0.05, 0.1) is 35.3 Å². The van der Waals surface area contributed by atoms with Crippen molar-refractivity contribution < 1.29 is 18.5 Å². The SMILES string of the molecule is Cc1nn(-c2ccccc2)c(C)c1NC(=O)C[NH+](Cc1ccco1)Cc1ccco1. The molecule has 3 heterocycles.